The number of carbonyl (C=O) groups excluding carboxylic acids is 4. The molecule has 0 spiro atoms. The molecule has 10 nitrogen and oxygen atoms in total. The normalized spacial score (nSPS) is 16.8. The summed E-state index contributed by atoms with van der Waals surface area (Å²) in [6, 6.07) is 12.1. The van der Waals surface area contributed by atoms with Gasteiger partial charge >= 0.3 is 0 Å². The third kappa shape index (κ3) is 4.10. The topological polar surface area (TPSA) is 122 Å². The number of piperazine rings is 1. The Bertz CT molecular complexity index is 1330. The summed E-state index contributed by atoms with van der Waals surface area (Å²) in [7, 11) is 1.47. The Hall–Kier alpha value is -4.47. The van der Waals surface area contributed by atoms with Crippen molar-refractivity contribution in [1.29, 1.82) is 0 Å². The number of hydrogen-bond acceptors (Lipinski definition) is 8. The number of amides is 2. The number of ketones is 1. The van der Waals surface area contributed by atoms with E-state index >= 15 is 0 Å². The molecule has 36 heavy (non-hydrogen) atoms. The van der Waals surface area contributed by atoms with Crippen LogP contribution in [0.25, 0.3) is 11.5 Å². The Morgan fingerprint density at radius 2 is 1.78 bits per heavy atom. The molecule has 1 atom stereocenters. The van der Waals surface area contributed by atoms with Crippen LogP contribution in [0.4, 0.5) is 5.69 Å². The van der Waals surface area contributed by atoms with Crippen molar-refractivity contribution in [2.24, 2.45) is 0 Å². The third-order valence-electron chi connectivity index (χ3n) is 6.51. The van der Waals surface area contributed by atoms with Gasteiger partial charge in [-0.05, 0) is 24.3 Å². The number of anilines is 1. The second kappa shape index (κ2) is 9.65. The fourth-order valence-corrected chi connectivity index (χ4v) is 4.64. The lowest BCUT2D eigenvalue weighted by atomic mass is 9.94. The van der Waals surface area contributed by atoms with Crippen LogP contribution in [0.15, 0.2) is 53.1 Å². The van der Waals surface area contributed by atoms with E-state index in [4.69, 9.17) is 9.15 Å². The lowest BCUT2D eigenvalue weighted by Gasteiger charge is -2.34. The molecule has 10 heteroatoms. The number of methoxy groups -OCH3 is 1. The van der Waals surface area contributed by atoms with Crippen molar-refractivity contribution in [2.75, 3.05) is 45.2 Å². The molecule has 0 radical (unpaired) electrons. The van der Waals surface area contributed by atoms with Crippen molar-refractivity contribution in [3.05, 3.63) is 65.5 Å². The van der Waals surface area contributed by atoms with Crippen molar-refractivity contribution >= 4 is 29.6 Å². The monoisotopic (exact) mass is 488 g/mol. The van der Waals surface area contributed by atoms with Crippen molar-refractivity contribution in [2.45, 2.75) is 5.92 Å². The SMILES string of the molecule is COc1cnc(-c2ccc(C=O)o2)c2c1C(C(=O)C(=O)N1CCN(C(=O)c3ccccc3)CC1)CN2. The van der Waals surface area contributed by atoms with E-state index in [0.29, 0.717) is 53.4 Å². The van der Waals surface area contributed by atoms with Crippen molar-refractivity contribution in [1.82, 2.24) is 14.8 Å². The van der Waals surface area contributed by atoms with Crippen molar-refractivity contribution < 1.29 is 28.3 Å². The highest BCUT2D eigenvalue weighted by molar-refractivity contribution is 6.38. The molecule has 5 rings (SSSR count). The molecule has 4 heterocycles. The van der Waals surface area contributed by atoms with Crippen LogP contribution < -0.4 is 10.1 Å². The molecule has 1 fully saturated rings. The third-order valence-corrected chi connectivity index (χ3v) is 6.51. The highest BCUT2D eigenvalue weighted by atomic mass is 16.5. The van der Waals surface area contributed by atoms with Crippen LogP contribution in [0.2, 0.25) is 0 Å². The number of ether oxygens (including phenoxy) is 1. The fourth-order valence-electron chi connectivity index (χ4n) is 4.64. The number of Topliss-reactive ketones (excluding diaryl/α,β-unsaturated/α-hetero) is 1. The predicted molar refractivity (Wildman–Crippen MR) is 129 cm³/mol. The van der Waals surface area contributed by atoms with Gasteiger partial charge in [-0.25, -0.2) is 4.98 Å². The molecule has 1 aromatic carbocycles. The molecule has 1 unspecified atom stereocenters. The minimum Gasteiger partial charge on any atom is -0.495 e. The average Bonchev–Trinajstić information content (AvgIpc) is 3.60. The number of fused-ring (bicyclic) bond motifs is 1. The van der Waals surface area contributed by atoms with Crippen LogP contribution in [0.1, 0.15) is 32.4 Å². The van der Waals surface area contributed by atoms with E-state index in [9.17, 15) is 19.2 Å². The van der Waals surface area contributed by atoms with E-state index in [1.165, 1.54) is 24.3 Å². The van der Waals surface area contributed by atoms with Gasteiger partial charge in [0, 0.05) is 43.9 Å². The van der Waals surface area contributed by atoms with Gasteiger partial charge in [0.25, 0.3) is 11.8 Å². The zero-order valence-corrected chi connectivity index (χ0v) is 19.6. The van der Waals surface area contributed by atoms with E-state index < -0.39 is 17.6 Å². The van der Waals surface area contributed by atoms with E-state index in [1.54, 1.807) is 35.2 Å². The highest BCUT2D eigenvalue weighted by Crippen LogP contribution is 2.44. The molecule has 184 valence electrons. The summed E-state index contributed by atoms with van der Waals surface area (Å²) in [6.07, 6.45) is 2.07. The summed E-state index contributed by atoms with van der Waals surface area (Å²) in [5.74, 6) is -1.12. The summed E-state index contributed by atoms with van der Waals surface area (Å²) >= 11 is 0. The molecular weight excluding hydrogens is 464 g/mol. The largest absolute Gasteiger partial charge is 0.495 e. The van der Waals surface area contributed by atoms with Gasteiger partial charge in [-0.2, -0.15) is 0 Å². The number of nitrogens with one attached hydrogen (secondary N) is 1. The standard InChI is InChI=1S/C26H24N4O6/c1-35-20-14-28-22(19-8-7-17(15-31)36-19)23-21(20)18(13-27-23)24(32)26(34)30-11-9-29(10-12-30)25(33)16-5-3-2-4-6-16/h2-8,14-15,18,27H,9-13H2,1H3. The number of aromatic nitrogens is 1. The average molecular weight is 489 g/mol. The summed E-state index contributed by atoms with van der Waals surface area (Å²) in [5.41, 5.74) is 2.08. The molecular formula is C26H24N4O6. The van der Waals surface area contributed by atoms with Crippen LogP contribution >= 0.6 is 0 Å². The van der Waals surface area contributed by atoms with Gasteiger partial charge in [0.15, 0.2) is 17.8 Å². The van der Waals surface area contributed by atoms with Crippen LogP contribution in [0.5, 0.6) is 5.75 Å². The minimum atomic E-state index is -0.770. The quantitative estimate of drug-likeness (QED) is 0.414. The molecule has 2 amide bonds. The first-order chi connectivity index (χ1) is 17.5. The molecule has 0 aliphatic carbocycles. The zero-order valence-electron chi connectivity index (χ0n) is 19.6. The van der Waals surface area contributed by atoms with E-state index in [0.717, 1.165) is 0 Å². The van der Waals surface area contributed by atoms with Gasteiger partial charge < -0.3 is 24.3 Å². The van der Waals surface area contributed by atoms with E-state index in [-0.39, 0.29) is 31.3 Å². The number of carbonyl (C=O) groups is 4. The van der Waals surface area contributed by atoms with Gasteiger partial charge in [0.1, 0.15) is 11.4 Å². The molecule has 2 aromatic heterocycles. The number of hydrogen-bond donors (Lipinski definition) is 1. The Labute approximate surface area is 206 Å². The Morgan fingerprint density at radius 3 is 2.44 bits per heavy atom. The first kappa shape index (κ1) is 23.3. The first-order valence-corrected chi connectivity index (χ1v) is 11.6. The lowest BCUT2D eigenvalue weighted by Crippen LogP contribution is -2.52. The summed E-state index contributed by atoms with van der Waals surface area (Å²) < 4.78 is 11.0. The van der Waals surface area contributed by atoms with Gasteiger partial charge in [-0.15, -0.1) is 0 Å². The molecule has 2 aliphatic heterocycles. The maximum Gasteiger partial charge on any atom is 0.290 e. The second-order valence-corrected chi connectivity index (χ2v) is 8.53. The Balaban J connectivity index is 1.32. The number of nitrogens with zero attached hydrogens (tertiary/aromatic N) is 3. The van der Waals surface area contributed by atoms with Crippen LogP contribution in [-0.2, 0) is 9.59 Å². The maximum absolute atomic E-state index is 13.4. The van der Waals surface area contributed by atoms with Gasteiger partial charge in [0.05, 0.1) is 24.9 Å². The molecule has 1 N–H and O–H groups in total. The second-order valence-electron chi connectivity index (χ2n) is 8.53. The minimum absolute atomic E-state index is 0.0941. The predicted octanol–water partition coefficient (Wildman–Crippen LogP) is 2.23. The molecule has 3 aromatic rings. The molecule has 0 bridgehead atoms. The first-order valence-electron chi connectivity index (χ1n) is 11.6. The van der Waals surface area contributed by atoms with Crippen LogP contribution in [-0.4, -0.2) is 78.5 Å². The Morgan fingerprint density at radius 1 is 1.06 bits per heavy atom. The Kier molecular flexibility index (Phi) is 6.24. The summed E-state index contributed by atoms with van der Waals surface area (Å²) in [5, 5.41) is 3.16. The molecule has 2 aliphatic rings. The number of rotatable bonds is 6. The van der Waals surface area contributed by atoms with Crippen molar-refractivity contribution in [3.63, 3.8) is 0 Å². The number of pyridine rings is 1. The van der Waals surface area contributed by atoms with Crippen LogP contribution in [0, 0.1) is 0 Å². The molecule has 0 saturated carbocycles. The smallest absolute Gasteiger partial charge is 0.290 e. The van der Waals surface area contributed by atoms with E-state index in [2.05, 4.69) is 10.3 Å². The lowest BCUT2D eigenvalue weighted by molar-refractivity contribution is -0.146. The number of benzene rings is 1. The number of aldehydes is 1. The number of furan rings is 1. The molecule has 1 saturated heterocycles. The summed E-state index contributed by atoms with van der Waals surface area (Å²) in [6.45, 7) is 1.44. The van der Waals surface area contributed by atoms with Gasteiger partial charge in [0.2, 0.25) is 5.78 Å². The van der Waals surface area contributed by atoms with Gasteiger partial charge in [-0.1, -0.05) is 18.2 Å². The van der Waals surface area contributed by atoms with Gasteiger partial charge in [-0.3, -0.25) is 19.2 Å². The maximum atomic E-state index is 13.4. The summed E-state index contributed by atoms with van der Waals surface area (Å²) in [4.78, 5) is 57.8. The zero-order chi connectivity index (χ0) is 25.2. The fraction of sp³-hybridized carbons (Fsp3) is 0.269. The highest BCUT2D eigenvalue weighted by Gasteiger charge is 2.40. The van der Waals surface area contributed by atoms with Crippen LogP contribution in [0.3, 0.4) is 0 Å². The van der Waals surface area contributed by atoms with Crippen molar-refractivity contribution in [3.8, 4) is 17.2 Å². The van der Waals surface area contributed by atoms with E-state index in [1.807, 2.05) is 6.07 Å².